The summed E-state index contributed by atoms with van der Waals surface area (Å²) >= 11 is 3.30. The summed E-state index contributed by atoms with van der Waals surface area (Å²) in [5.41, 5.74) is 1.91. The van der Waals surface area contributed by atoms with Gasteiger partial charge < -0.3 is 0 Å². The minimum Gasteiger partial charge on any atom is -0.235 e. The summed E-state index contributed by atoms with van der Waals surface area (Å²) < 4.78 is 0.871. The lowest BCUT2D eigenvalue weighted by molar-refractivity contribution is 1.16. The summed E-state index contributed by atoms with van der Waals surface area (Å²) in [6.45, 7) is 3.48. The molecule has 16 heavy (non-hydrogen) atoms. The molecular weight excluding hydrogens is 264 g/mol. The minimum absolute atomic E-state index is 0.706. The molecule has 0 aliphatic heterocycles. The lowest BCUT2D eigenvalue weighted by Gasteiger charge is -1.99. The van der Waals surface area contributed by atoms with Crippen molar-refractivity contribution in [2.24, 2.45) is 0 Å². The largest absolute Gasteiger partial charge is 0.235 e. The Labute approximate surface area is 103 Å². The highest BCUT2D eigenvalue weighted by Crippen LogP contribution is 2.16. The molecule has 2 nitrogen and oxygen atoms in total. The molecule has 0 saturated carbocycles. The zero-order valence-corrected chi connectivity index (χ0v) is 10.0. The molecule has 0 aliphatic rings. The number of benzene rings is 1. The third-order valence-corrected chi connectivity index (χ3v) is 2.41. The number of hydrogen-bond donors (Lipinski definition) is 0. The maximum absolute atomic E-state index is 4.22. The summed E-state index contributed by atoms with van der Waals surface area (Å²) in [4.78, 5) is 8.44. The fourth-order valence-electron chi connectivity index (χ4n) is 1.27. The van der Waals surface area contributed by atoms with Crippen molar-refractivity contribution in [1.29, 1.82) is 0 Å². The van der Waals surface area contributed by atoms with E-state index in [0.717, 1.165) is 15.6 Å². The molecule has 1 heterocycles. The molecule has 0 atom stereocenters. The maximum atomic E-state index is 4.22. The van der Waals surface area contributed by atoms with Crippen LogP contribution in [0, 0.1) is 18.8 Å². The second-order valence-corrected chi connectivity index (χ2v) is 4.02. The van der Waals surface area contributed by atoms with Crippen LogP contribution in [0.4, 0.5) is 0 Å². The van der Waals surface area contributed by atoms with E-state index in [1.165, 1.54) is 0 Å². The van der Waals surface area contributed by atoms with E-state index in [0.29, 0.717) is 5.82 Å². The van der Waals surface area contributed by atoms with Crippen LogP contribution < -0.4 is 0 Å². The van der Waals surface area contributed by atoms with Gasteiger partial charge in [-0.05, 0) is 40.2 Å². The van der Waals surface area contributed by atoms with Gasteiger partial charge in [-0.2, -0.15) is 0 Å². The molecule has 77 valence electrons. The highest BCUT2D eigenvalue weighted by molar-refractivity contribution is 9.10. The Kier molecular flexibility index (Phi) is 3.33. The van der Waals surface area contributed by atoms with Crippen molar-refractivity contribution in [2.75, 3.05) is 0 Å². The summed E-state index contributed by atoms with van der Waals surface area (Å²) in [5, 5.41) is 0. The third-order valence-electron chi connectivity index (χ3n) is 2.00. The van der Waals surface area contributed by atoms with Crippen LogP contribution in [0.15, 0.2) is 41.1 Å². The topological polar surface area (TPSA) is 25.8 Å². The molecule has 1 aromatic heterocycles. The average Bonchev–Trinajstić information content (AvgIpc) is 2.32. The molecule has 0 spiro atoms. The molecule has 3 heteroatoms. The molecular formula is C13H8BrN2. The zero-order valence-electron chi connectivity index (χ0n) is 8.44. The predicted molar refractivity (Wildman–Crippen MR) is 67.4 cm³/mol. The molecule has 0 fully saturated rings. The van der Waals surface area contributed by atoms with E-state index < -0.39 is 0 Å². The summed E-state index contributed by atoms with van der Waals surface area (Å²) in [6.07, 6.45) is 3.46. The van der Waals surface area contributed by atoms with E-state index >= 15 is 0 Å². The highest BCUT2D eigenvalue weighted by Gasteiger charge is 1.99. The second-order valence-electron chi connectivity index (χ2n) is 3.10. The van der Waals surface area contributed by atoms with Crippen LogP contribution in [-0.4, -0.2) is 9.97 Å². The van der Waals surface area contributed by atoms with E-state index in [-0.39, 0.29) is 0 Å². The van der Waals surface area contributed by atoms with E-state index in [2.05, 4.69) is 44.7 Å². The normalized spacial score (nSPS) is 9.38. The van der Waals surface area contributed by atoms with E-state index in [4.69, 9.17) is 0 Å². The minimum atomic E-state index is 0.706. The van der Waals surface area contributed by atoms with Gasteiger partial charge in [0.1, 0.15) is 0 Å². The van der Waals surface area contributed by atoms with Crippen molar-refractivity contribution >= 4 is 15.9 Å². The second kappa shape index (κ2) is 4.91. The van der Waals surface area contributed by atoms with Crippen molar-refractivity contribution in [1.82, 2.24) is 9.97 Å². The van der Waals surface area contributed by atoms with E-state index in [1.54, 1.807) is 12.4 Å². The molecule has 0 saturated heterocycles. The molecule has 0 bridgehead atoms. The standard InChI is InChI=1S/C13H8BrN2/c1-2-3-10-4-6-11(7-5-10)13-15-8-12(14)9-16-13/h4-9H,1H2. The van der Waals surface area contributed by atoms with Crippen molar-refractivity contribution < 1.29 is 0 Å². The van der Waals surface area contributed by atoms with Gasteiger partial charge in [0.05, 0.1) is 4.47 Å². The number of halogens is 1. The van der Waals surface area contributed by atoms with Crippen molar-refractivity contribution in [3.05, 3.63) is 53.6 Å². The Balaban J connectivity index is 2.33. The van der Waals surface area contributed by atoms with Crippen LogP contribution in [0.1, 0.15) is 5.56 Å². The Morgan fingerprint density at radius 1 is 1.06 bits per heavy atom. The molecule has 0 amide bonds. The lowest BCUT2D eigenvalue weighted by atomic mass is 10.1. The highest BCUT2D eigenvalue weighted by atomic mass is 79.9. The van der Waals surface area contributed by atoms with Gasteiger partial charge in [0, 0.05) is 30.4 Å². The predicted octanol–water partition coefficient (Wildman–Crippen LogP) is 3.09. The smallest absolute Gasteiger partial charge is 0.159 e. The molecule has 1 radical (unpaired) electrons. The van der Waals surface area contributed by atoms with Crippen LogP contribution in [-0.2, 0) is 0 Å². The van der Waals surface area contributed by atoms with Crippen molar-refractivity contribution in [3.63, 3.8) is 0 Å². The Morgan fingerprint density at radius 3 is 2.25 bits per heavy atom. The van der Waals surface area contributed by atoms with Crippen LogP contribution >= 0.6 is 15.9 Å². The van der Waals surface area contributed by atoms with Crippen LogP contribution in [0.25, 0.3) is 11.4 Å². The van der Waals surface area contributed by atoms with E-state index in [9.17, 15) is 0 Å². The van der Waals surface area contributed by atoms with Gasteiger partial charge in [-0.25, -0.2) is 9.97 Å². The quantitative estimate of drug-likeness (QED) is 0.745. The fourth-order valence-corrected chi connectivity index (χ4v) is 1.47. The summed E-state index contributed by atoms with van der Waals surface area (Å²) in [5.74, 6) is 6.20. The van der Waals surface area contributed by atoms with Gasteiger partial charge in [-0.3, -0.25) is 0 Å². The van der Waals surface area contributed by atoms with Crippen molar-refractivity contribution in [2.45, 2.75) is 0 Å². The van der Waals surface area contributed by atoms with Gasteiger partial charge >= 0.3 is 0 Å². The molecule has 1 aromatic carbocycles. The first-order chi connectivity index (χ1) is 7.79. The number of aromatic nitrogens is 2. The third kappa shape index (κ3) is 2.47. The SMILES string of the molecule is [CH2]C#Cc1ccc(-c2ncc(Br)cn2)cc1. The Morgan fingerprint density at radius 2 is 1.69 bits per heavy atom. The van der Waals surface area contributed by atoms with E-state index in [1.807, 2.05) is 24.3 Å². The van der Waals surface area contributed by atoms with Crippen LogP contribution in [0.3, 0.4) is 0 Å². The first-order valence-electron chi connectivity index (χ1n) is 4.65. The average molecular weight is 272 g/mol. The zero-order chi connectivity index (χ0) is 11.4. The number of rotatable bonds is 1. The first-order valence-corrected chi connectivity index (χ1v) is 5.45. The van der Waals surface area contributed by atoms with Crippen molar-refractivity contribution in [3.8, 4) is 23.2 Å². The fraction of sp³-hybridized carbons (Fsp3) is 0. The molecule has 2 rings (SSSR count). The van der Waals surface area contributed by atoms with Gasteiger partial charge in [0.15, 0.2) is 5.82 Å². The number of nitrogens with zero attached hydrogens (tertiary/aromatic N) is 2. The summed E-state index contributed by atoms with van der Waals surface area (Å²) in [6, 6.07) is 7.75. The molecule has 0 unspecified atom stereocenters. The maximum Gasteiger partial charge on any atom is 0.159 e. The first kappa shape index (κ1) is 10.8. The van der Waals surface area contributed by atoms with Gasteiger partial charge in [0.2, 0.25) is 0 Å². The Hall–Kier alpha value is -1.66. The molecule has 2 aromatic rings. The summed E-state index contributed by atoms with van der Waals surface area (Å²) in [7, 11) is 0. The van der Waals surface area contributed by atoms with Crippen LogP contribution in [0.5, 0.6) is 0 Å². The van der Waals surface area contributed by atoms with Gasteiger partial charge in [0.25, 0.3) is 0 Å². The molecule has 0 N–H and O–H groups in total. The van der Waals surface area contributed by atoms with Gasteiger partial charge in [-0.15, -0.1) is 0 Å². The Bertz CT molecular complexity index is 533. The van der Waals surface area contributed by atoms with Gasteiger partial charge in [-0.1, -0.05) is 11.8 Å². The van der Waals surface area contributed by atoms with Crippen LogP contribution in [0.2, 0.25) is 0 Å². The number of hydrogen-bond acceptors (Lipinski definition) is 2. The lowest BCUT2D eigenvalue weighted by Crippen LogP contribution is -1.87. The monoisotopic (exact) mass is 271 g/mol. The molecule has 0 aliphatic carbocycles.